The van der Waals surface area contributed by atoms with Gasteiger partial charge in [0.25, 0.3) is 0 Å². The van der Waals surface area contributed by atoms with E-state index in [4.69, 9.17) is 4.74 Å². The number of alkyl halides is 4. The van der Waals surface area contributed by atoms with Crippen molar-refractivity contribution in [3.8, 4) is 10.4 Å². The van der Waals surface area contributed by atoms with E-state index in [-0.39, 0.29) is 30.7 Å². The molecule has 0 amide bonds. The van der Waals surface area contributed by atoms with Crippen LogP contribution in [0.3, 0.4) is 0 Å². The Morgan fingerprint density at radius 2 is 1.84 bits per heavy atom. The molecule has 0 bridgehead atoms. The van der Waals surface area contributed by atoms with E-state index in [1.54, 1.807) is 18.3 Å². The minimum atomic E-state index is -4.58. The van der Waals surface area contributed by atoms with E-state index in [1.807, 2.05) is 33.8 Å². The molecular formula is C26H28F4N4O2S. The van der Waals surface area contributed by atoms with Crippen molar-refractivity contribution in [2.75, 3.05) is 5.32 Å². The Bertz CT molecular complexity index is 1280. The Morgan fingerprint density at radius 3 is 2.49 bits per heavy atom. The van der Waals surface area contributed by atoms with Crippen LogP contribution in [0.5, 0.6) is 0 Å². The molecule has 1 N–H and O–H groups in total. The number of carbonyl (C=O) groups is 1. The monoisotopic (exact) mass is 536 g/mol. The van der Waals surface area contributed by atoms with Gasteiger partial charge in [0.15, 0.2) is 5.67 Å². The Balaban J connectivity index is 1.49. The van der Waals surface area contributed by atoms with Crippen LogP contribution in [-0.2, 0) is 21.4 Å². The number of aryl methyl sites for hydroxylation is 1. The summed E-state index contributed by atoms with van der Waals surface area (Å²) in [6, 6.07) is 6.18. The zero-order chi connectivity index (χ0) is 27.0. The summed E-state index contributed by atoms with van der Waals surface area (Å²) in [5.41, 5.74) is -1.17. The first kappa shape index (κ1) is 27.0. The predicted octanol–water partition coefficient (Wildman–Crippen LogP) is 7.37. The van der Waals surface area contributed by atoms with Gasteiger partial charge in [-0.2, -0.15) is 13.2 Å². The number of thiazole rings is 1. The van der Waals surface area contributed by atoms with Gasteiger partial charge < -0.3 is 10.1 Å². The fourth-order valence-electron chi connectivity index (χ4n) is 4.23. The number of anilines is 2. The first-order valence-corrected chi connectivity index (χ1v) is 12.7. The minimum absolute atomic E-state index is 0.178. The van der Waals surface area contributed by atoms with Gasteiger partial charge in [-0.05, 0) is 82.7 Å². The van der Waals surface area contributed by atoms with Crippen LogP contribution in [0.4, 0.5) is 29.2 Å². The van der Waals surface area contributed by atoms with Crippen LogP contribution in [0.25, 0.3) is 10.4 Å². The molecular weight excluding hydrogens is 508 g/mol. The van der Waals surface area contributed by atoms with Crippen molar-refractivity contribution in [3.63, 3.8) is 0 Å². The lowest BCUT2D eigenvalue weighted by Gasteiger charge is -2.32. The Hall–Kier alpha value is -3.08. The average Bonchev–Trinajstić information content (AvgIpc) is 3.29. The molecule has 4 rings (SSSR count). The van der Waals surface area contributed by atoms with E-state index >= 15 is 4.39 Å². The molecule has 0 radical (unpaired) electrons. The molecule has 0 unspecified atom stereocenters. The van der Waals surface area contributed by atoms with Crippen LogP contribution in [0.2, 0.25) is 0 Å². The summed E-state index contributed by atoms with van der Waals surface area (Å²) in [4.78, 5) is 24.9. The highest BCUT2D eigenvalue weighted by atomic mass is 32.1. The number of halogens is 4. The summed E-state index contributed by atoms with van der Waals surface area (Å²) < 4.78 is 60.3. The third kappa shape index (κ3) is 6.63. The maximum Gasteiger partial charge on any atom is 0.433 e. The molecule has 0 atom stereocenters. The van der Waals surface area contributed by atoms with Gasteiger partial charge >= 0.3 is 12.1 Å². The second-order valence-electron chi connectivity index (χ2n) is 10.3. The molecule has 2 heterocycles. The summed E-state index contributed by atoms with van der Waals surface area (Å²) in [6.07, 6.45) is -0.811. The van der Waals surface area contributed by atoms with Gasteiger partial charge in [0, 0.05) is 18.1 Å². The fourth-order valence-corrected chi connectivity index (χ4v) is 5.27. The molecule has 37 heavy (non-hydrogen) atoms. The van der Waals surface area contributed by atoms with E-state index in [0.717, 1.165) is 28.3 Å². The Labute approximate surface area is 216 Å². The average molecular weight is 537 g/mol. The SMILES string of the molecule is Cc1cc(Nc2nccc(C(F)(F)F)n2)cc(-c2cnc([C@]3(F)CC[C@H](C(=O)OC(C)(C)C)CC3)s2)c1. The molecule has 0 spiro atoms. The van der Waals surface area contributed by atoms with Crippen LogP contribution in [0, 0.1) is 12.8 Å². The van der Waals surface area contributed by atoms with Gasteiger partial charge in [0.1, 0.15) is 16.3 Å². The zero-order valence-corrected chi connectivity index (χ0v) is 21.8. The second-order valence-corrected chi connectivity index (χ2v) is 11.3. The number of ether oxygens (including phenoxy) is 1. The third-order valence-electron chi connectivity index (χ3n) is 5.97. The van der Waals surface area contributed by atoms with Crippen LogP contribution in [-0.4, -0.2) is 26.5 Å². The largest absolute Gasteiger partial charge is 0.460 e. The molecule has 3 aromatic rings. The van der Waals surface area contributed by atoms with E-state index < -0.39 is 23.1 Å². The first-order valence-electron chi connectivity index (χ1n) is 11.9. The molecule has 0 aliphatic heterocycles. The maximum atomic E-state index is 15.9. The predicted molar refractivity (Wildman–Crippen MR) is 133 cm³/mol. The van der Waals surface area contributed by atoms with E-state index in [0.29, 0.717) is 23.5 Å². The third-order valence-corrected chi connectivity index (χ3v) is 7.20. The number of rotatable bonds is 5. The molecule has 1 aliphatic rings. The molecule has 198 valence electrons. The lowest BCUT2D eigenvalue weighted by Crippen LogP contribution is -2.34. The van der Waals surface area contributed by atoms with Crippen LogP contribution < -0.4 is 5.32 Å². The van der Waals surface area contributed by atoms with Crippen LogP contribution >= 0.6 is 11.3 Å². The summed E-state index contributed by atoms with van der Waals surface area (Å²) in [6.45, 7) is 7.27. The van der Waals surface area contributed by atoms with Gasteiger partial charge in [0.2, 0.25) is 5.95 Å². The van der Waals surface area contributed by atoms with Gasteiger partial charge in [0.05, 0.1) is 10.8 Å². The molecule has 1 aliphatic carbocycles. The van der Waals surface area contributed by atoms with Crippen molar-refractivity contribution in [2.45, 2.75) is 70.8 Å². The number of aromatic nitrogens is 3. The lowest BCUT2D eigenvalue weighted by atomic mass is 9.80. The number of carbonyl (C=O) groups excluding carboxylic acids is 1. The summed E-state index contributed by atoms with van der Waals surface area (Å²) in [7, 11) is 0. The van der Waals surface area contributed by atoms with Crippen LogP contribution in [0.15, 0.2) is 36.7 Å². The normalized spacial score (nSPS) is 20.5. The second kappa shape index (κ2) is 10.00. The first-order chi connectivity index (χ1) is 17.2. The van der Waals surface area contributed by atoms with Crippen molar-refractivity contribution < 1.29 is 27.1 Å². The zero-order valence-electron chi connectivity index (χ0n) is 20.9. The van der Waals surface area contributed by atoms with E-state index in [2.05, 4.69) is 20.3 Å². The topological polar surface area (TPSA) is 77.0 Å². The Morgan fingerprint density at radius 1 is 1.14 bits per heavy atom. The van der Waals surface area contributed by atoms with E-state index in [1.165, 1.54) is 11.3 Å². The van der Waals surface area contributed by atoms with Crippen molar-refractivity contribution in [1.29, 1.82) is 0 Å². The quantitative estimate of drug-likeness (QED) is 0.271. The lowest BCUT2D eigenvalue weighted by molar-refractivity contribution is -0.162. The van der Waals surface area contributed by atoms with Crippen molar-refractivity contribution in [1.82, 2.24) is 15.0 Å². The van der Waals surface area contributed by atoms with Crippen molar-refractivity contribution >= 4 is 28.9 Å². The van der Waals surface area contributed by atoms with Gasteiger partial charge in [-0.25, -0.2) is 19.3 Å². The highest BCUT2D eigenvalue weighted by molar-refractivity contribution is 7.15. The Kier molecular flexibility index (Phi) is 7.29. The molecule has 1 aromatic carbocycles. The number of esters is 1. The van der Waals surface area contributed by atoms with E-state index in [9.17, 15) is 18.0 Å². The fraction of sp³-hybridized carbons (Fsp3) is 0.462. The molecule has 1 fully saturated rings. The van der Waals surface area contributed by atoms with Gasteiger partial charge in [-0.1, -0.05) is 6.07 Å². The summed E-state index contributed by atoms with van der Waals surface area (Å²) >= 11 is 1.23. The maximum absolute atomic E-state index is 15.9. The van der Waals surface area contributed by atoms with Crippen molar-refractivity contribution in [2.24, 2.45) is 5.92 Å². The smallest absolute Gasteiger partial charge is 0.433 e. The highest BCUT2D eigenvalue weighted by Crippen LogP contribution is 2.46. The summed E-state index contributed by atoms with van der Waals surface area (Å²) in [5.74, 6) is -0.800. The van der Waals surface area contributed by atoms with Gasteiger partial charge in [-0.15, -0.1) is 11.3 Å². The molecule has 2 aromatic heterocycles. The number of nitrogens with one attached hydrogen (secondary N) is 1. The minimum Gasteiger partial charge on any atom is -0.460 e. The summed E-state index contributed by atoms with van der Waals surface area (Å²) in [5, 5.41) is 3.17. The highest BCUT2D eigenvalue weighted by Gasteiger charge is 2.42. The number of nitrogens with zero attached hydrogens (tertiary/aromatic N) is 3. The molecule has 6 nitrogen and oxygen atoms in total. The van der Waals surface area contributed by atoms with Gasteiger partial charge in [-0.3, -0.25) is 4.79 Å². The number of hydrogen-bond acceptors (Lipinski definition) is 7. The molecule has 11 heteroatoms. The van der Waals surface area contributed by atoms with Crippen molar-refractivity contribution in [3.05, 3.63) is 52.9 Å². The van der Waals surface area contributed by atoms with Crippen LogP contribution in [0.1, 0.15) is 62.7 Å². The number of benzene rings is 1. The standard InChI is InChI=1S/C26H28F4N4O2S/c1-15-11-17(13-18(12-15)33-23-31-10-7-20(34-23)26(28,29)30)19-14-32-22(37-19)25(27)8-5-16(6-9-25)21(35)36-24(2,3)4/h7,10-14,16H,5-6,8-9H2,1-4H3,(H,31,33,34)/t16-,25-. The number of hydrogen-bond donors (Lipinski definition) is 1. The molecule has 0 saturated heterocycles. The molecule has 1 saturated carbocycles.